The number of aliphatic hydroxyl groups is 3. The minimum Gasteiger partial charge on any atom is -0.396 e. The number of hydrogen-bond acceptors (Lipinski definition) is 3. The summed E-state index contributed by atoms with van der Waals surface area (Å²) < 4.78 is 0. The van der Waals surface area contributed by atoms with E-state index < -0.39 is 11.2 Å². The van der Waals surface area contributed by atoms with E-state index in [4.69, 9.17) is 0 Å². The Hall–Kier alpha value is -1.36. The summed E-state index contributed by atoms with van der Waals surface area (Å²) in [5, 5.41) is 32.9. The lowest BCUT2D eigenvalue weighted by molar-refractivity contribution is -0.241. The van der Waals surface area contributed by atoms with Crippen LogP contribution >= 0.6 is 0 Å². The third kappa shape index (κ3) is 1.63. The van der Waals surface area contributed by atoms with E-state index in [9.17, 15) is 15.3 Å². The first-order valence-electron chi connectivity index (χ1n) is 8.02. The van der Waals surface area contributed by atoms with E-state index in [-0.39, 0.29) is 24.4 Å². The van der Waals surface area contributed by atoms with E-state index >= 15 is 0 Å². The summed E-state index contributed by atoms with van der Waals surface area (Å²) in [7, 11) is 0. The standard InChI is InChI=1S/C18H23NO3/c1-17(2,21)15-8-13-11(9-20)7-10-3-4-14-12(5-6-19-14)16(10)18(13,15)22/h3-6,11,13,15,19-22H,7-9H2,1-2H3/t11-,13-,15-,18-/m1/s1. The van der Waals surface area contributed by atoms with Crippen LogP contribution in [0.25, 0.3) is 10.9 Å². The second-order valence-corrected chi connectivity index (χ2v) is 7.56. The Morgan fingerprint density at radius 3 is 2.77 bits per heavy atom. The number of fused-ring (bicyclic) bond motifs is 5. The van der Waals surface area contributed by atoms with Gasteiger partial charge in [0.1, 0.15) is 0 Å². The molecule has 4 atom stereocenters. The van der Waals surface area contributed by atoms with Crippen molar-refractivity contribution in [1.29, 1.82) is 0 Å². The Morgan fingerprint density at radius 2 is 2.09 bits per heavy atom. The zero-order valence-corrected chi connectivity index (χ0v) is 13.0. The molecule has 4 nitrogen and oxygen atoms in total. The number of nitrogens with one attached hydrogen (secondary N) is 1. The highest BCUT2D eigenvalue weighted by Gasteiger charge is 2.64. The van der Waals surface area contributed by atoms with Crippen LogP contribution in [0.15, 0.2) is 24.4 Å². The Balaban J connectivity index is 1.96. The number of hydrogen-bond donors (Lipinski definition) is 4. The summed E-state index contributed by atoms with van der Waals surface area (Å²) >= 11 is 0. The molecular weight excluding hydrogens is 278 g/mol. The molecule has 2 aliphatic rings. The van der Waals surface area contributed by atoms with Crippen molar-refractivity contribution in [2.75, 3.05) is 6.61 Å². The molecule has 0 radical (unpaired) electrons. The molecule has 1 saturated carbocycles. The van der Waals surface area contributed by atoms with E-state index in [0.29, 0.717) is 0 Å². The highest BCUT2D eigenvalue weighted by atomic mass is 16.3. The lowest BCUT2D eigenvalue weighted by atomic mass is 9.46. The average Bonchev–Trinajstić information content (AvgIpc) is 2.89. The molecule has 2 aromatic rings. The third-order valence-electron chi connectivity index (χ3n) is 5.95. The predicted molar refractivity (Wildman–Crippen MR) is 84.4 cm³/mol. The average molecular weight is 301 g/mol. The van der Waals surface area contributed by atoms with Crippen molar-refractivity contribution in [2.45, 2.75) is 37.9 Å². The molecule has 1 aromatic carbocycles. The first-order chi connectivity index (χ1) is 10.4. The second-order valence-electron chi connectivity index (χ2n) is 7.56. The Labute approximate surface area is 129 Å². The van der Waals surface area contributed by atoms with E-state index in [1.165, 1.54) is 0 Å². The normalized spacial score (nSPS) is 34.1. The predicted octanol–water partition coefficient (Wildman–Crippen LogP) is 1.93. The number of rotatable bonds is 2. The van der Waals surface area contributed by atoms with Crippen molar-refractivity contribution in [3.05, 3.63) is 35.5 Å². The highest BCUT2D eigenvalue weighted by molar-refractivity contribution is 5.86. The van der Waals surface area contributed by atoms with Crippen molar-refractivity contribution in [2.24, 2.45) is 17.8 Å². The maximum absolute atomic E-state index is 11.6. The third-order valence-corrected chi connectivity index (χ3v) is 5.95. The first-order valence-corrected chi connectivity index (χ1v) is 8.02. The second kappa shape index (κ2) is 4.34. The molecular formula is C18H23NO3. The molecule has 4 heteroatoms. The first kappa shape index (κ1) is 14.2. The van der Waals surface area contributed by atoms with Crippen molar-refractivity contribution in [1.82, 2.24) is 4.98 Å². The number of aliphatic hydroxyl groups excluding tert-OH is 1. The van der Waals surface area contributed by atoms with Crippen molar-refractivity contribution in [3.8, 4) is 0 Å². The molecule has 118 valence electrons. The molecule has 0 amide bonds. The Bertz CT molecular complexity index is 729. The van der Waals surface area contributed by atoms with Gasteiger partial charge in [0.05, 0.1) is 11.2 Å². The number of benzene rings is 1. The molecule has 4 rings (SSSR count). The van der Waals surface area contributed by atoms with Crippen LogP contribution in [0.1, 0.15) is 31.4 Å². The zero-order chi connectivity index (χ0) is 15.7. The Kier molecular flexibility index (Phi) is 2.81. The highest BCUT2D eigenvalue weighted by Crippen LogP contribution is 2.62. The van der Waals surface area contributed by atoms with Crippen molar-refractivity contribution in [3.63, 3.8) is 0 Å². The molecule has 0 spiro atoms. The molecule has 0 saturated heterocycles. The molecule has 22 heavy (non-hydrogen) atoms. The van der Waals surface area contributed by atoms with Crippen LogP contribution in [0.2, 0.25) is 0 Å². The fraction of sp³-hybridized carbons (Fsp3) is 0.556. The maximum Gasteiger partial charge on any atom is 0.0992 e. The summed E-state index contributed by atoms with van der Waals surface area (Å²) in [6.07, 6.45) is 3.43. The van der Waals surface area contributed by atoms with Crippen molar-refractivity contribution >= 4 is 10.9 Å². The van der Waals surface area contributed by atoms with Crippen LogP contribution in [-0.4, -0.2) is 32.5 Å². The largest absolute Gasteiger partial charge is 0.396 e. The zero-order valence-electron chi connectivity index (χ0n) is 13.0. The maximum atomic E-state index is 11.6. The number of H-pyrrole nitrogens is 1. The molecule has 0 aliphatic heterocycles. The molecule has 0 unspecified atom stereocenters. The van der Waals surface area contributed by atoms with Crippen LogP contribution in [0.3, 0.4) is 0 Å². The van der Waals surface area contributed by atoms with E-state index in [1.54, 1.807) is 13.8 Å². The van der Waals surface area contributed by atoms with Gasteiger partial charge in [0.15, 0.2) is 0 Å². The van der Waals surface area contributed by atoms with Gasteiger partial charge in [0, 0.05) is 29.6 Å². The van der Waals surface area contributed by atoms with Gasteiger partial charge in [-0.3, -0.25) is 0 Å². The summed E-state index contributed by atoms with van der Waals surface area (Å²) in [4.78, 5) is 3.20. The fourth-order valence-corrected chi connectivity index (χ4v) is 4.89. The topological polar surface area (TPSA) is 76.5 Å². The summed E-state index contributed by atoms with van der Waals surface area (Å²) in [5.74, 6) is -0.131. The molecule has 2 aliphatic carbocycles. The quantitative estimate of drug-likeness (QED) is 0.684. The lowest BCUT2D eigenvalue weighted by Crippen LogP contribution is -2.65. The van der Waals surface area contributed by atoms with E-state index in [0.717, 1.165) is 34.9 Å². The number of aromatic amines is 1. The van der Waals surface area contributed by atoms with Gasteiger partial charge in [-0.15, -0.1) is 0 Å². The Morgan fingerprint density at radius 1 is 1.32 bits per heavy atom. The fourth-order valence-electron chi connectivity index (χ4n) is 4.89. The van der Waals surface area contributed by atoms with Gasteiger partial charge in [-0.2, -0.15) is 0 Å². The van der Waals surface area contributed by atoms with Crippen LogP contribution in [0, 0.1) is 17.8 Å². The van der Waals surface area contributed by atoms with Gasteiger partial charge in [-0.05, 0) is 61.8 Å². The minimum atomic E-state index is -1.05. The lowest BCUT2D eigenvalue weighted by Gasteiger charge is -2.61. The molecule has 0 bridgehead atoms. The van der Waals surface area contributed by atoms with E-state index in [2.05, 4.69) is 4.98 Å². The molecule has 1 aromatic heterocycles. The van der Waals surface area contributed by atoms with Crippen LogP contribution < -0.4 is 0 Å². The van der Waals surface area contributed by atoms with Gasteiger partial charge < -0.3 is 20.3 Å². The molecule has 1 fully saturated rings. The molecule has 1 heterocycles. The van der Waals surface area contributed by atoms with Gasteiger partial charge in [0.2, 0.25) is 0 Å². The van der Waals surface area contributed by atoms with Gasteiger partial charge >= 0.3 is 0 Å². The SMILES string of the molecule is CC(C)(O)[C@H]1C[C@@H]2[C@@H](CO)Cc3ccc4[nH]ccc4c3[C@@]21O. The summed E-state index contributed by atoms with van der Waals surface area (Å²) in [6.45, 7) is 3.62. The van der Waals surface area contributed by atoms with Crippen molar-refractivity contribution < 1.29 is 15.3 Å². The monoisotopic (exact) mass is 301 g/mol. The van der Waals surface area contributed by atoms with E-state index in [1.807, 2.05) is 24.4 Å². The van der Waals surface area contributed by atoms with Gasteiger partial charge in [-0.25, -0.2) is 0 Å². The van der Waals surface area contributed by atoms with Gasteiger partial charge in [-0.1, -0.05) is 6.07 Å². The van der Waals surface area contributed by atoms with Crippen LogP contribution in [0.5, 0.6) is 0 Å². The summed E-state index contributed by atoms with van der Waals surface area (Å²) in [5.41, 5.74) is 1.06. The number of aromatic nitrogens is 1. The minimum absolute atomic E-state index is 0.0157. The summed E-state index contributed by atoms with van der Waals surface area (Å²) in [6, 6.07) is 6.08. The smallest absolute Gasteiger partial charge is 0.0992 e. The molecule has 4 N–H and O–H groups in total. The van der Waals surface area contributed by atoms with Crippen LogP contribution in [0.4, 0.5) is 0 Å². The van der Waals surface area contributed by atoms with Crippen LogP contribution in [-0.2, 0) is 12.0 Å². The van der Waals surface area contributed by atoms with Gasteiger partial charge in [0.25, 0.3) is 0 Å².